The lowest BCUT2D eigenvalue weighted by molar-refractivity contribution is -0.118. The molecule has 21 heavy (non-hydrogen) atoms. The summed E-state index contributed by atoms with van der Waals surface area (Å²) >= 11 is 0. The molecule has 0 aliphatic heterocycles. The summed E-state index contributed by atoms with van der Waals surface area (Å²) in [5.74, 6) is -3.31. The molecule has 114 valence electrons. The molecule has 2 N–H and O–H groups in total. The predicted octanol–water partition coefficient (Wildman–Crippen LogP) is 0.458. The van der Waals surface area contributed by atoms with Gasteiger partial charge < -0.3 is 10.6 Å². The quantitative estimate of drug-likeness (QED) is 0.798. The first-order chi connectivity index (χ1) is 9.84. The van der Waals surface area contributed by atoms with Crippen molar-refractivity contribution in [2.24, 2.45) is 0 Å². The molecule has 1 aromatic rings. The number of amides is 2. The van der Waals surface area contributed by atoms with E-state index in [9.17, 15) is 22.4 Å². The Hall–Kier alpha value is -1.96. The number of hydrogen-bond donors (Lipinski definition) is 2. The summed E-state index contributed by atoms with van der Waals surface area (Å²) in [6, 6.07) is 5.00. The van der Waals surface area contributed by atoms with Crippen molar-refractivity contribution in [3.8, 4) is 0 Å². The van der Waals surface area contributed by atoms with E-state index in [-0.39, 0.29) is 6.04 Å². The zero-order valence-electron chi connectivity index (χ0n) is 11.1. The standard InChI is InChI=1S/C13H15FN2O4S/c14-9-1-3-10(4-2-9)15-12(17)7-21(19,20)8-13(18)16-11-5-6-11/h1-4,11H,5-8H2,(H,15,17)(H,16,18). The Kier molecular flexibility index (Phi) is 4.56. The molecule has 1 aromatic carbocycles. The van der Waals surface area contributed by atoms with E-state index < -0.39 is 39.0 Å². The fourth-order valence-corrected chi connectivity index (χ4v) is 2.73. The van der Waals surface area contributed by atoms with Gasteiger partial charge in [0.05, 0.1) is 0 Å². The lowest BCUT2D eigenvalue weighted by atomic mass is 10.3. The van der Waals surface area contributed by atoms with Crippen LogP contribution in [0.3, 0.4) is 0 Å². The lowest BCUT2D eigenvalue weighted by Gasteiger charge is -2.07. The van der Waals surface area contributed by atoms with Gasteiger partial charge in [-0.25, -0.2) is 12.8 Å². The molecule has 0 saturated heterocycles. The number of nitrogens with one attached hydrogen (secondary N) is 2. The molecule has 0 aromatic heterocycles. The Morgan fingerprint density at radius 3 is 2.24 bits per heavy atom. The van der Waals surface area contributed by atoms with Crippen molar-refractivity contribution >= 4 is 27.3 Å². The molecular weight excluding hydrogens is 299 g/mol. The van der Waals surface area contributed by atoms with Gasteiger partial charge in [0.1, 0.15) is 17.3 Å². The van der Waals surface area contributed by atoms with Gasteiger partial charge in [-0.3, -0.25) is 9.59 Å². The third-order valence-corrected chi connectivity index (χ3v) is 4.18. The Morgan fingerprint density at radius 2 is 1.67 bits per heavy atom. The number of rotatable bonds is 6. The molecule has 0 bridgehead atoms. The molecule has 0 heterocycles. The zero-order valence-corrected chi connectivity index (χ0v) is 12.0. The summed E-state index contributed by atoms with van der Waals surface area (Å²) in [7, 11) is -3.82. The molecule has 0 spiro atoms. The third-order valence-electron chi connectivity index (χ3n) is 2.77. The maximum absolute atomic E-state index is 12.7. The fraction of sp³-hybridized carbons (Fsp3) is 0.385. The van der Waals surface area contributed by atoms with Gasteiger partial charge in [0.2, 0.25) is 11.8 Å². The van der Waals surface area contributed by atoms with Gasteiger partial charge in [0.25, 0.3) is 0 Å². The minimum Gasteiger partial charge on any atom is -0.352 e. The van der Waals surface area contributed by atoms with Crippen molar-refractivity contribution in [1.82, 2.24) is 5.32 Å². The van der Waals surface area contributed by atoms with E-state index in [1.807, 2.05) is 0 Å². The van der Waals surface area contributed by atoms with Gasteiger partial charge in [0.15, 0.2) is 9.84 Å². The van der Waals surface area contributed by atoms with E-state index >= 15 is 0 Å². The normalized spacial score (nSPS) is 14.5. The number of carbonyl (C=O) groups excluding carboxylic acids is 2. The van der Waals surface area contributed by atoms with Gasteiger partial charge in [-0.2, -0.15) is 0 Å². The summed E-state index contributed by atoms with van der Waals surface area (Å²) in [4.78, 5) is 23.0. The zero-order chi connectivity index (χ0) is 15.5. The van der Waals surface area contributed by atoms with Crippen LogP contribution in [0.5, 0.6) is 0 Å². The number of sulfone groups is 1. The number of hydrogen-bond acceptors (Lipinski definition) is 4. The highest BCUT2D eigenvalue weighted by atomic mass is 32.2. The van der Waals surface area contributed by atoms with Crippen molar-refractivity contribution < 1.29 is 22.4 Å². The minimum absolute atomic E-state index is 0.0701. The van der Waals surface area contributed by atoms with Crippen LogP contribution >= 0.6 is 0 Å². The largest absolute Gasteiger partial charge is 0.352 e. The molecular formula is C13H15FN2O4S. The summed E-state index contributed by atoms with van der Waals surface area (Å²) in [6.07, 6.45) is 1.72. The summed E-state index contributed by atoms with van der Waals surface area (Å²) in [5, 5.41) is 4.88. The predicted molar refractivity (Wildman–Crippen MR) is 74.8 cm³/mol. The van der Waals surface area contributed by atoms with Crippen molar-refractivity contribution in [3.05, 3.63) is 30.1 Å². The smallest absolute Gasteiger partial charge is 0.239 e. The SMILES string of the molecule is O=C(CS(=O)(=O)CC(=O)NC1CC1)Nc1ccc(F)cc1. The topological polar surface area (TPSA) is 92.3 Å². The molecule has 1 aliphatic carbocycles. The van der Waals surface area contributed by atoms with Crippen LogP contribution in [0.15, 0.2) is 24.3 Å². The second kappa shape index (κ2) is 6.21. The maximum atomic E-state index is 12.7. The van der Waals surface area contributed by atoms with Crippen molar-refractivity contribution in [2.75, 3.05) is 16.8 Å². The number of benzene rings is 1. The second-order valence-electron chi connectivity index (χ2n) is 4.93. The average molecular weight is 314 g/mol. The molecule has 0 radical (unpaired) electrons. The van der Waals surface area contributed by atoms with Gasteiger partial charge >= 0.3 is 0 Å². The molecule has 6 nitrogen and oxygen atoms in total. The van der Waals surface area contributed by atoms with Crippen molar-refractivity contribution in [2.45, 2.75) is 18.9 Å². The van der Waals surface area contributed by atoms with Crippen LogP contribution in [0, 0.1) is 5.82 Å². The van der Waals surface area contributed by atoms with Crippen LogP contribution in [0.25, 0.3) is 0 Å². The summed E-state index contributed by atoms with van der Waals surface area (Å²) < 4.78 is 36.1. The number of halogens is 1. The lowest BCUT2D eigenvalue weighted by Crippen LogP contribution is -2.35. The average Bonchev–Trinajstić information content (AvgIpc) is 3.14. The second-order valence-corrected chi connectivity index (χ2v) is 6.99. The molecule has 0 unspecified atom stereocenters. The fourth-order valence-electron chi connectivity index (χ4n) is 1.68. The van der Waals surface area contributed by atoms with E-state index in [1.165, 1.54) is 12.1 Å². The van der Waals surface area contributed by atoms with Crippen LogP contribution in [0.1, 0.15) is 12.8 Å². The van der Waals surface area contributed by atoms with Gasteiger partial charge in [0, 0.05) is 11.7 Å². The van der Waals surface area contributed by atoms with E-state index in [2.05, 4.69) is 10.6 Å². The van der Waals surface area contributed by atoms with Crippen molar-refractivity contribution in [1.29, 1.82) is 0 Å². The van der Waals surface area contributed by atoms with Gasteiger partial charge in [-0.05, 0) is 37.1 Å². The summed E-state index contributed by atoms with van der Waals surface area (Å²) in [6.45, 7) is 0. The van der Waals surface area contributed by atoms with Gasteiger partial charge in [-0.15, -0.1) is 0 Å². The highest BCUT2D eigenvalue weighted by Gasteiger charge is 2.27. The molecule has 0 atom stereocenters. The Morgan fingerprint density at radius 1 is 1.10 bits per heavy atom. The van der Waals surface area contributed by atoms with Crippen LogP contribution < -0.4 is 10.6 Å². The number of anilines is 1. The molecule has 2 amide bonds. The van der Waals surface area contributed by atoms with Crippen LogP contribution in [-0.4, -0.2) is 37.8 Å². The Balaban J connectivity index is 1.85. The molecule has 2 rings (SSSR count). The Labute approximate surface area is 121 Å². The Bertz CT molecular complexity index is 639. The first kappa shape index (κ1) is 15.4. The van der Waals surface area contributed by atoms with E-state index in [4.69, 9.17) is 0 Å². The molecule has 1 aliphatic rings. The minimum atomic E-state index is -3.82. The van der Waals surface area contributed by atoms with Crippen LogP contribution in [0.4, 0.5) is 10.1 Å². The summed E-state index contributed by atoms with van der Waals surface area (Å²) in [5.41, 5.74) is 0.291. The van der Waals surface area contributed by atoms with Crippen LogP contribution in [0.2, 0.25) is 0 Å². The molecule has 8 heteroatoms. The van der Waals surface area contributed by atoms with Crippen LogP contribution in [-0.2, 0) is 19.4 Å². The third kappa shape index (κ3) is 5.50. The highest BCUT2D eigenvalue weighted by Crippen LogP contribution is 2.18. The maximum Gasteiger partial charge on any atom is 0.239 e. The molecule has 1 saturated carbocycles. The number of carbonyl (C=O) groups is 2. The highest BCUT2D eigenvalue weighted by molar-refractivity contribution is 7.92. The van der Waals surface area contributed by atoms with E-state index in [0.717, 1.165) is 25.0 Å². The monoisotopic (exact) mass is 314 g/mol. The molecule has 1 fully saturated rings. The van der Waals surface area contributed by atoms with Gasteiger partial charge in [-0.1, -0.05) is 0 Å². The first-order valence-corrected chi connectivity index (χ1v) is 8.21. The van der Waals surface area contributed by atoms with Crippen molar-refractivity contribution in [3.63, 3.8) is 0 Å². The first-order valence-electron chi connectivity index (χ1n) is 6.39. The van der Waals surface area contributed by atoms with E-state index in [0.29, 0.717) is 5.69 Å². The van der Waals surface area contributed by atoms with E-state index in [1.54, 1.807) is 0 Å².